The van der Waals surface area contributed by atoms with Crippen LogP contribution in [0.15, 0.2) is 29.2 Å². The van der Waals surface area contributed by atoms with E-state index in [2.05, 4.69) is 0 Å². The molecule has 1 rings (SSSR count). The van der Waals surface area contributed by atoms with E-state index in [9.17, 15) is 26.7 Å². The Bertz CT molecular complexity index is 547. The van der Waals surface area contributed by atoms with Crippen LogP contribution in [-0.2, 0) is 16.2 Å². The van der Waals surface area contributed by atoms with Gasteiger partial charge in [0.25, 0.3) is 0 Å². The number of alkyl halides is 3. The van der Waals surface area contributed by atoms with E-state index in [1.807, 2.05) is 4.72 Å². The second-order valence-corrected chi connectivity index (χ2v) is 6.43. The van der Waals surface area contributed by atoms with Crippen LogP contribution >= 0.6 is 0 Å². The van der Waals surface area contributed by atoms with Crippen molar-refractivity contribution >= 4 is 10.0 Å². The van der Waals surface area contributed by atoms with E-state index in [0.717, 1.165) is 18.2 Å². The molecule has 0 spiro atoms. The van der Waals surface area contributed by atoms with Gasteiger partial charge in [-0.15, -0.1) is 0 Å². The second-order valence-electron chi connectivity index (χ2n) is 4.66. The highest BCUT2D eigenvalue weighted by Crippen LogP contribution is 2.30. The third-order valence-electron chi connectivity index (χ3n) is 2.17. The zero-order chi connectivity index (χ0) is 14.9. The largest absolute Gasteiger partial charge is 0.416 e. The van der Waals surface area contributed by atoms with Crippen LogP contribution in [0.5, 0.6) is 0 Å². The highest BCUT2D eigenvalue weighted by Gasteiger charge is 2.31. The van der Waals surface area contributed by atoms with Crippen molar-refractivity contribution in [1.29, 1.82) is 0 Å². The number of benzene rings is 1. The van der Waals surface area contributed by atoms with E-state index in [1.165, 1.54) is 13.8 Å². The van der Waals surface area contributed by atoms with Crippen LogP contribution in [0.2, 0.25) is 0 Å². The monoisotopic (exact) mass is 297 g/mol. The highest BCUT2D eigenvalue weighted by molar-refractivity contribution is 7.89. The lowest BCUT2D eigenvalue weighted by Gasteiger charge is -2.18. The minimum atomic E-state index is -4.61. The van der Waals surface area contributed by atoms with E-state index < -0.39 is 32.3 Å². The van der Waals surface area contributed by atoms with Crippen LogP contribution in [0.3, 0.4) is 0 Å². The van der Waals surface area contributed by atoms with E-state index in [1.54, 1.807) is 0 Å². The first-order chi connectivity index (χ1) is 8.42. The fraction of sp³-hybridized carbons (Fsp3) is 0.455. The minimum Gasteiger partial charge on any atom is -0.389 e. The number of rotatable bonds is 4. The summed E-state index contributed by atoms with van der Waals surface area (Å²) in [5, 5.41) is 9.40. The van der Waals surface area contributed by atoms with Gasteiger partial charge in [-0.3, -0.25) is 0 Å². The first kappa shape index (κ1) is 15.9. The van der Waals surface area contributed by atoms with Gasteiger partial charge in [0, 0.05) is 6.54 Å². The molecule has 1 aromatic rings. The number of hydrogen-bond donors (Lipinski definition) is 2. The van der Waals surface area contributed by atoms with Crippen LogP contribution in [-0.4, -0.2) is 25.7 Å². The summed E-state index contributed by atoms with van der Waals surface area (Å²) >= 11 is 0. The maximum absolute atomic E-state index is 12.5. The molecule has 0 aliphatic heterocycles. The highest BCUT2D eigenvalue weighted by atomic mass is 32.2. The molecule has 108 valence electrons. The molecule has 4 nitrogen and oxygen atoms in total. The SMILES string of the molecule is CC(C)(O)CNS(=O)(=O)c1cccc(C(F)(F)F)c1. The summed E-state index contributed by atoms with van der Waals surface area (Å²) in [6.45, 7) is 2.45. The molecule has 0 atom stereocenters. The Morgan fingerprint density at radius 3 is 2.32 bits per heavy atom. The average Bonchev–Trinajstić information content (AvgIpc) is 2.25. The molecule has 2 N–H and O–H groups in total. The van der Waals surface area contributed by atoms with Crippen molar-refractivity contribution in [3.05, 3.63) is 29.8 Å². The molecular weight excluding hydrogens is 283 g/mol. The molecule has 0 radical (unpaired) electrons. The first-order valence-electron chi connectivity index (χ1n) is 5.31. The van der Waals surface area contributed by atoms with Crippen molar-refractivity contribution in [1.82, 2.24) is 4.72 Å². The van der Waals surface area contributed by atoms with Crippen LogP contribution in [0.1, 0.15) is 19.4 Å². The van der Waals surface area contributed by atoms with E-state index >= 15 is 0 Å². The zero-order valence-electron chi connectivity index (χ0n) is 10.3. The summed E-state index contributed by atoms with van der Waals surface area (Å²) in [5.41, 5.74) is -2.34. The summed E-state index contributed by atoms with van der Waals surface area (Å²) in [6.07, 6.45) is -4.61. The summed E-state index contributed by atoms with van der Waals surface area (Å²) in [5.74, 6) is 0. The molecule has 8 heteroatoms. The molecule has 0 saturated carbocycles. The van der Waals surface area contributed by atoms with Gasteiger partial charge in [0.05, 0.1) is 16.1 Å². The smallest absolute Gasteiger partial charge is 0.389 e. The molecule has 0 aliphatic carbocycles. The molecule has 0 aliphatic rings. The van der Waals surface area contributed by atoms with Gasteiger partial charge in [-0.05, 0) is 32.0 Å². The molecule has 0 saturated heterocycles. The van der Waals surface area contributed by atoms with Gasteiger partial charge >= 0.3 is 6.18 Å². The molecule has 1 aromatic carbocycles. The standard InChI is InChI=1S/C11H14F3NO3S/c1-10(2,16)7-15-19(17,18)9-5-3-4-8(6-9)11(12,13)14/h3-6,15-16H,7H2,1-2H3. The third-order valence-corrected chi connectivity index (χ3v) is 3.57. The number of hydrogen-bond acceptors (Lipinski definition) is 3. The van der Waals surface area contributed by atoms with E-state index in [0.29, 0.717) is 6.07 Å². The number of nitrogens with one attached hydrogen (secondary N) is 1. The topological polar surface area (TPSA) is 66.4 Å². The van der Waals surface area contributed by atoms with E-state index in [-0.39, 0.29) is 6.54 Å². The Balaban J connectivity index is 3.03. The Labute approximate surface area is 109 Å². The molecule has 0 bridgehead atoms. The molecule has 19 heavy (non-hydrogen) atoms. The summed E-state index contributed by atoms with van der Waals surface area (Å²) < 4.78 is 63.0. The Morgan fingerprint density at radius 1 is 1.26 bits per heavy atom. The van der Waals surface area contributed by atoms with Gasteiger partial charge in [-0.25, -0.2) is 13.1 Å². The lowest BCUT2D eigenvalue weighted by Crippen LogP contribution is -2.38. The molecular formula is C11H14F3NO3S. The summed E-state index contributed by atoms with van der Waals surface area (Å²) in [7, 11) is -4.09. The van der Waals surface area contributed by atoms with Gasteiger partial charge in [0.15, 0.2) is 0 Å². The van der Waals surface area contributed by atoms with E-state index in [4.69, 9.17) is 0 Å². The van der Waals surface area contributed by atoms with Gasteiger partial charge in [0.1, 0.15) is 0 Å². The molecule has 0 amide bonds. The number of halogens is 3. The minimum absolute atomic E-state index is 0.300. The van der Waals surface area contributed by atoms with Gasteiger partial charge in [-0.1, -0.05) is 6.07 Å². The Kier molecular flexibility index (Phi) is 4.28. The van der Waals surface area contributed by atoms with Crippen molar-refractivity contribution in [3.8, 4) is 0 Å². The van der Waals surface area contributed by atoms with Gasteiger partial charge in [-0.2, -0.15) is 13.2 Å². The summed E-state index contributed by atoms with van der Waals surface area (Å²) in [6, 6.07) is 3.41. The van der Waals surface area contributed by atoms with Crippen LogP contribution in [0, 0.1) is 0 Å². The predicted molar refractivity (Wildman–Crippen MR) is 62.9 cm³/mol. The normalized spacial score (nSPS) is 13.6. The van der Waals surface area contributed by atoms with Crippen LogP contribution < -0.4 is 4.72 Å². The second kappa shape index (κ2) is 5.10. The van der Waals surface area contributed by atoms with Gasteiger partial charge < -0.3 is 5.11 Å². The maximum Gasteiger partial charge on any atom is 0.416 e. The molecule has 0 aromatic heterocycles. The Hall–Kier alpha value is -1.12. The molecule has 0 unspecified atom stereocenters. The first-order valence-corrected chi connectivity index (χ1v) is 6.79. The van der Waals surface area contributed by atoms with Crippen molar-refractivity contribution in [2.24, 2.45) is 0 Å². The lowest BCUT2D eigenvalue weighted by atomic mass is 10.1. The van der Waals surface area contributed by atoms with Crippen molar-refractivity contribution in [2.75, 3.05) is 6.54 Å². The van der Waals surface area contributed by atoms with Gasteiger partial charge in [0.2, 0.25) is 10.0 Å². The fourth-order valence-electron chi connectivity index (χ4n) is 1.19. The molecule has 0 heterocycles. The lowest BCUT2D eigenvalue weighted by molar-refractivity contribution is -0.137. The Morgan fingerprint density at radius 2 is 1.84 bits per heavy atom. The van der Waals surface area contributed by atoms with Crippen LogP contribution in [0.4, 0.5) is 13.2 Å². The van der Waals surface area contributed by atoms with Crippen molar-refractivity contribution in [2.45, 2.75) is 30.5 Å². The molecule has 0 fully saturated rings. The van der Waals surface area contributed by atoms with Crippen molar-refractivity contribution < 1.29 is 26.7 Å². The quantitative estimate of drug-likeness (QED) is 0.890. The number of sulfonamides is 1. The van der Waals surface area contributed by atoms with Crippen molar-refractivity contribution in [3.63, 3.8) is 0 Å². The number of aliphatic hydroxyl groups is 1. The third kappa shape index (κ3) is 4.81. The zero-order valence-corrected chi connectivity index (χ0v) is 11.1. The summed E-state index contributed by atoms with van der Waals surface area (Å²) in [4.78, 5) is -0.494. The maximum atomic E-state index is 12.5. The fourth-order valence-corrected chi connectivity index (χ4v) is 2.44. The average molecular weight is 297 g/mol. The van der Waals surface area contributed by atoms with Crippen LogP contribution in [0.25, 0.3) is 0 Å². The predicted octanol–water partition coefficient (Wildman–Crippen LogP) is 1.75.